The van der Waals surface area contributed by atoms with E-state index in [4.69, 9.17) is 0 Å². The smallest absolute Gasteiger partial charge is 0.272 e. The number of aryl methyl sites for hydroxylation is 1. The van der Waals surface area contributed by atoms with Crippen LogP contribution in [0.3, 0.4) is 0 Å². The summed E-state index contributed by atoms with van der Waals surface area (Å²) in [6, 6.07) is 5.35. The Morgan fingerprint density at radius 1 is 1.28 bits per heavy atom. The molecule has 1 fully saturated rings. The van der Waals surface area contributed by atoms with Crippen molar-refractivity contribution in [1.82, 2.24) is 20.0 Å². The Labute approximate surface area is 105 Å². The number of hydrogen-bond acceptors (Lipinski definition) is 3. The van der Waals surface area contributed by atoms with Gasteiger partial charge in [-0.3, -0.25) is 9.89 Å². The van der Waals surface area contributed by atoms with Gasteiger partial charge in [0.1, 0.15) is 0 Å². The molecule has 1 aliphatic carbocycles. The van der Waals surface area contributed by atoms with E-state index in [0.717, 1.165) is 11.4 Å². The van der Waals surface area contributed by atoms with Gasteiger partial charge in [-0.25, -0.2) is 0 Å². The fourth-order valence-electron chi connectivity index (χ4n) is 2.54. The van der Waals surface area contributed by atoms with Crippen molar-refractivity contribution in [1.29, 1.82) is 0 Å². The van der Waals surface area contributed by atoms with E-state index in [1.54, 1.807) is 12.1 Å². The molecule has 1 saturated carbocycles. The number of H-pyrrole nitrogens is 1. The Kier molecular flexibility index (Phi) is 2.74. The van der Waals surface area contributed by atoms with Gasteiger partial charge >= 0.3 is 0 Å². The van der Waals surface area contributed by atoms with Crippen molar-refractivity contribution in [2.24, 2.45) is 0 Å². The van der Waals surface area contributed by atoms with Crippen molar-refractivity contribution in [2.75, 3.05) is 0 Å². The predicted octanol–water partition coefficient (Wildman–Crippen LogP) is 1.92. The third kappa shape index (κ3) is 1.96. The van der Waals surface area contributed by atoms with Gasteiger partial charge in [-0.05, 0) is 31.9 Å². The largest absolute Gasteiger partial charge is 0.293 e. The van der Waals surface area contributed by atoms with Gasteiger partial charge in [0.05, 0.1) is 5.69 Å². The third-order valence-corrected chi connectivity index (χ3v) is 3.55. The molecule has 1 N–H and O–H groups in total. The van der Waals surface area contributed by atoms with E-state index in [9.17, 15) is 4.79 Å². The summed E-state index contributed by atoms with van der Waals surface area (Å²) in [4.78, 5) is 11.9. The molecule has 18 heavy (non-hydrogen) atoms. The summed E-state index contributed by atoms with van der Waals surface area (Å²) in [6.45, 7) is 1.87. The molecule has 0 radical (unpaired) electrons. The first-order valence-corrected chi connectivity index (χ1v) is 6.37. The van der Waals surface area contributed by atoms with Crippen molar-refractivity contribution >= 4 is 0 Å². The van der Waals surface area contributed by atoms with Crippen LogP contribution in [-0.4, -0.2) is 20.0 Å². The van der Waals surface area contributed by atoms with Crippen molar-refractivity contribution < 1.29 is 0 Å². The molecule has 5 nitrogen and oxygen atoms in total. The SMILES string of the molecule is Cc1ccc(-n2[nH]c(C3CCCC3)cc2=O)nn1. The number of aromatic nitrogens is 4. The van der Waals surface area contributed by atoms with Crippen LogP contribution < -0.4 is 5.56 Å². The zero-order chi connectivity index (χ0) is 12.5. The van der Waals surface area contributed by atoms with Crippen LogP contribution in [0.25, 0.3) is 5.82 Å². The highest BCUT2D eigenvalue weighted by Gasteiger charge is 2.20. The molecule has 0 atom stereocenters. The minimum atomic E-state index is -0.0601. The minimum Gasteiger partial charge on any atom is -0.293 e. The van der Waals surface area contributed by atoms with Gasteiger partial charge in [0.15, 0.2) is 5.82 Å². The number of hydrogen-bond donors (Lipinski definition) is 1. The van der Waals surface area contributed by atoms with Crippen LogP contribution in [0, 0.1) is 6.92 Å². The maximum absolute atomic E-state index is 11.9. The second-order valence-electron chi connectivity index (χ2n) is 4.90. The molecular formula is C13H16N4O. The first-order chi connectivity index (χ1) is 8.74. The fourth-order valence-corrected chi connectivity index (χ4v) is 2.54. The van der Waals surface area contributed by atoms with E-state index >= 15 is 0 Å². The molecule has 0 unspecified atom stereocenters. The molecule has 1 aliphatic rings. The van der Waals surface area contributed by atoms with Crippen molar-refractivity contribution in [3.05, 3.63) is 39.9 Å². The van der Waals surface area contributed by atoms with Gasteiger partial charge in [0.25, 0.3) is 5.56 Å². The molecule has 2 aromatic heterocycles. The van der Waals surface area contributed by atoms with Gasteiger partial charge in [-0.1, -0.05) is 12.8 Å². The van der Waals surface area contributed by atoms with Crippen LogP contribution in [0.2, 0.25) is 0 Å². The third-order valence-electron chi connectivity index (χ3n) is 3.55. The Balaban J connectivity index is 1.97. The molecule has 2 heterocycles. The fraction of sp³-hybridized carbons (Fsp3) is 0.462. The van der Waals surface area contributed by atoms with Crippen molar-refractivity contribution in [3.63, 3.8) is 0 Å². The van der Waals surface area contributed by atoms with E-state index in [1.165, 1.54) is 30.4 Å². The Hall–Kier alpha value is -1.91. The summed E-state index contributed by atoms with van der Waals surface area (Å²) in [6.07, 6.45) is 4.84. The molecule has 3 rings (SSSR count). The normalized spacial score (nSPS) is 16.3. The molecule has 5 heteroatoms. The lowest BCUT2D eigenvalue weighted by atomic mass is 10.1. The maximum atomic E-state index is 11.9. The highest BCUT2D eigenvalue weighted by molar-refractivity contribution is 5.22. The van der Waals surface area contributed by atoms with Gasteiger partial charge in [-0.2, -0.15) is 9.78 Å². The average Bonchev–Trinajstić information content (AvgIpc) is 2.99. The molecule has 0 bridgehead atoms. The molecule has 94 valence electrons. The average molecular weight is 244 g/mol. The van der Waals surface area contributed by atoms with Crippen molar-refractivity contribution in [3.8, 4) is 5.82 Å². The second-order valence-corrected chi connectivity index (χ2v) is 4.90. The van der Waals surface area contributed by atoms with Gasteiger partial charge < -0.3 is 0 Å². The molecule has 0 amide bonds. The second kappa shape index (κ2) is 4.40. The van der Waals surface area contributed by atoms with E-state index in [1.807, 2.05) is 13.0 Å². The standard InChI is InChI=1S/C13H16N4O/c1-9-6-7-12(15-14-9)17-13(18)8-11(16-17)10-4-2-3-5-10/h6-8,10,16H,2-5H2,1H3. The van der Waals surface area contributed by atoms with E-state index in [0.29, 0.717) is 11.7 Å². The Morgan fingerprint density at radius 2 is 2.06 bits per heavy atom. The first kappa shape index (κ1) is 11.2. The summed E-state index contributed by atoms with van der Waals surface area (Å²) in [5.41, 5.74) is 1.81. The van der Waals surface area contributed by atoms with Crippen LogP contribution in [0.4, 0.5) is 0 Å². The lowest BCUT2D eigenvalue weighted by Crippen LogP contribution is -2.15. The zero-order valence-corrected chi connectivity index (χ0v) is 10.4. The number of rotatable bonds is 2. The highest BCUT2D eigenvalue weighted by atomic mass is 16.1. The van der Waals surface area contributed by atoms with Crippen LogP contribution in [0.5, 0.6) is 0 Å². The zero-order valence-electron chi connectivity index (χ0n) is 10.4. The Morgan fingerprint density at radius 3 is 2.72 bits per heavy atom. The van der Waals surface area contributed by atoms with E-state index in [-0.39, 0.29) is 5.56 Å². The molecule has 0 spiro atoms. The highest BCUT2D eigenvalue weighted by Crippen LogP contribution is 2.32. The van der Waals surface area contributed by atoms with Crippen LogP contribution in [-0.2, 0) is 0 Å². The van der Waals surface area contributed by atoms with Crippen LogP contribution in [0.1, 0.15) is 43.0 Å². The monoisotopic (exact) mass is 244 g/mol. The summed E-state index contributed by atoms with van der Waals surface area (Å²) >= 11 is 0. The summed E-state index contributed by atoms with van der Waals surface area (Å²) < 4.78 is 1.47. The summed E-state index contributed by atoms with van der Waals surface area (Å²) in [7, 11) is 0. The van der Waals surface area contributed by atoms with E-state index < -0.39 is 0 Å². The van der Waals surface area contributed by atoms with Gasteiger partial charge in [0, 0.05) is 17.7 Å². The first-order valence-electron chi connectivity index (χ1n) is 6.37. The number of aromatic amines is 1. The van der Waals surface area contributed by atoms with E-state index in [2.05, 4.69) is 15.3 Å². The van der Waals surface area contributed by atoms with Crippen LogP contribution >= 0.6 is 0 Å². The number of nitrogens with zero attached hydrogens (tertiary/aromatic N) is 3. The van der Waals surface area contributed by atoms with Crippen LogP contribution in [0.15, 0.2) is 23.0 Å². The van der Waals surface area contributed by atoms with Gasteiger partial charge in [-0.15, -0.1) is 5.10 Å². The molecular weight excluding hydrogens is 228 g/mol. The number of nitrogens with one attached hydrogen (secondary N) is 1. The predicted molar refractivity (Wildman–Crippen MR) is 67.9 cm³/mol. The van der Waals surface area contributed by atoms with Crippen molar-refractivity contribution in [2.45, 2.75) is 38.5 Å². The summed E-state index contributed by atoms with van der Waals surface area (Å²) in [5.74, 6) is 1.05. The summed E-state index contributed by atoms with van der Waals surface area (Å²) in [5, 5.41) is 11.2. The minimum absolute atomic E-state index is 0.0601. The maximum Gasteiger partial charge on any atom is 0.272 e. The van der Waals surface area contributed by atoms with Gasteiger partial charge in [0.2, 0.25) is 0 Å². The lowest BCUT2D eigenvalue weighted by Gasteiger charge is -2.05. The molecule has 0 aromatic carbocycles. The molecule has 0 saturated heterocycles. The molecule has 2 aromatic rings. The quantitative estimate of drug-likeness (QED) is 0.877. The molecule has 0 aliphatic heterocycles. The Bertz CT molecular complexity index is 590. The lowest BCUT2D eigenvalue weighted by molar-refractivity contribution is 0.670. The topological polar surface area (TPSA) is 63.6 Å².